The maximum absolute atomic E-state index is 12.3. The van der Waals surface area contributed by atoms with Crippen molar-refractivity contribution in [2.24, 2.45) is 0 Å². The lowest BCUT2D eigenvalue weighted by Crippen LogP contribution is -2.40. The molecule has 4 rings (SSSR count). The van der Waals surface area contributed by atoms with Gasteiger partial charge in [-0.15, -0.1) is 0 Å². The first kappa shape index (κ1) is 17.4. The molecule has 1 aromatic heterocycles. The Morgan fingerprint density at radius 3 is 2.56 bits per heavy atom. The van der Waals surface area contributed by atoms with Crippen molar-refractivity contribution in [1.29, 1.82) is 0 Å². The summed E-state index contributed by atoms with van der Waals surface area (Å²) in [7, 11) is 0. The minimum atomic E-state index is -0.0802. The van der Waals surface area contributed by atoms with Gasteiger partial charge in [0.05, 0.1) is 17.6 Å². The summed E-state index contributed by atoms with van der Waals surface area (Å²) in [4.78, 5) is 29.6. The molecule has 0 spiro atoms. The number of piperidine rings is 1. The van der Waals surface area contributed by atoms with Gasteiger partial charge in [-0.3, -0.25) is 14.3 Å². The van der Waals surface area contributed by atoms with E-state index in [2.05, 4.69) is 15.2 Å². The predicted octanol–water partition coefficient (Wildman–Crippen LogP) is 2.31. The summed E-state index contributed by atoms with van der Waals surface area (Å²) >= 11 is 0. The first-order chi connectivity index (χ1) is 13.1. The number of nitrogens with zero attached hydrogens (tertiary/aromatic N) is 2. The zero-order valence-electron chi connectivity index (χ0n) is 14.9. The van der Waals surface area contributed by atoms with Crippen LogP contribution >= 0.6 is 0 Å². The van der Waals surface area contributed by atoms with Crippen LogP contribution in [0.3, 0.4) is 0 Å². The zero-order valence-corrected chi connectivity index (χ0v) is 14.9. The number of aromatic amines is 1. The van der Waals surface area contributed by atoms with Crippen molar-refractivity contribution in [2.45, 2.75) is 18.9 Å². The number of para-hydroxylation sites is 2. The number of aromatic hydroxyl groups is 1. The predicted molar refractivity (Wildman–Crippen MR) is 104 cm³/mol. The fraction of sp³-hybridized carbons (Fsp3) is 0.300. The van der Waals surface area contributed by atoms with E-state index in [1.807, 2.05) is 28.8 Å². The van der Waals surface area contributed by atoms with Gasteiger partial charge in [-0.05, 0) is 49.2 Å². The van der Waals surface area contributed by atoms with E-state index in [1.165, 1.54) is 0 Å². The number of nitrogens with one attached hydrogen (secondary N) is 2. The summed E-state index contributed by atoms with van der Waals surface area (Å²) < 4.78 is 1.85. The van der Waals surface area contributed by atoms with Gasteiger partial charge >= 0.3 is 5.69 Å². The molecule has 1 amide bonds. The molecule has 7 heteroatoms. The highest BCUT2D eigenvalue weighted by Crippen LogP contribution is 2.24. The van der Waals surface area contributed by atoms with Crippen LogP contribution in [0.5, 0.6) is 5.75 Å². The molecule has 1 aliphatic rings. The number of imidazole rings is 1. The lowest BCUT2D eigenvalue weighted by molar-refractivity contribution is -0.117. The summed E-state index contributed by atoms with van der Waals surface area (Å²) in [5.41, 5.74) is 2.39. The van der Waals surface area contributed by atoms with Gasteiger partial charge in [-0.25, -0.2) is 4.79 Å². The molecule has 0 unspecified atom stereocenters. The third-order valence-corrected chi connectivity index (χ3v) is 5.06. The lowest BCUT2D eigenvalue weighted by atomic mass is 10.0. The lowest BCUT2D eigenvalue weighted by Gasteiger charge is -2.32. The number of phenolic OH excluding ortho intramolecular Hbond substituents is 1. The number of likely N-dealkylation sites (tertiary alicyclic amines) is 1. The molecule has 140 valence electrons. The van der Waals surface area contributed by atoms with Crippen LogP contribution < -0.4 is 11.0 Å². The monoisotopic (exact) mass is 366 g/mol. The highest BCUT2D eigenvalue weighted by Gasteiger charge is 2.24. The maximum Gasteiger partial charge on any atom is 0.326 e. The first-order valence-corrected chi connectivity index (χ1v) is 9.10. The Hall–Kier alpha value is -3.06. The average Bonchev–Trinajstić information content (AvgIpc) is 3.00. The number of anilines is 1. The van der Waals surface area contributed by atoms with Crippen molar-refractivity contribution in [3.8, 4) is 5.75 Å². The minimum Gasteiger partial charge on any atom is -0.508 e. The van der Waals surface area contributed by atoms with E-state index in [9.17, 15) is 14.7 Å². The fourth-order valence-electron chi connectivity index (χ4n) is 3.72. The third-order valence-electron chi connectivity index (χ3n) is 5.06. The molecule has 27 heavy (non-hydrogen) atoms. The molecule has 0 atom stereocenters. The van der Waals surface area contributed by atoms with Crippen LogP contribution in [-0.2, 0) is 4.79 Å². The number of fused-ring (bicyclic) bond motifs is 1. The molecule has 2 heterocycles. The van der Waals surface area contributed by atoms with Crippen molar-refractivity contribution in [3.63, 3.8) is 0 Å². The van der Waals surface area contributed by atoms with Crippen LogP contribution in [0.2, 0.25) is 0 Å². The minimum absolute atomic E-state index is 0.0697. The molecule has 1 aliphatic heterocycles. The number of H-pyrrole nitrogens is 1. The van der Waals surface area contributed by atoms with Crippen molar-refractivity contribution in [1.82, 2.24) is 14.5 Å². The summed E-state index contributed by atoms with van der Waals surface area (Å²) in [6.45, 7) is 1.84. The smallest absolute Gasteiger partial charge is 0.326 e. The highest BCUT2D eigenvalue weighted by atomic mass is 16.3. The largest absolute Gasteiger partial charge is 0.508 e. The van der Waals surface area contributed by atoms with Gasteiger partial charge in [0.2, 0.25) is 5.91 Å². The van der Waals surface area contributed by atoms with E-state index in [0.717, 1.165) is 37.0 Å². The molecular weight excluding hydrogens is 344 g/mol. The molecule has 0 aliphatic carbocycles. The number of carbonyl (C=O) groups excluding carboxylic acids is 1. The van der Waals surface area contributed by atoms with E-state index in [1.54, 1.807) is 24.3 Å². The van der Waals surface area contributed by atoms with Crippen LogP contribution in [0.15, 0.2) is 53.3 Å². The van der Waals surface area contributed by atoms with Gasteiger partial charge in [0.25, 0.3) is 0 Å². The first-order valence-electron chi connectivity index (χ1n) is 9.10. The van der Waals surface area contributed by atoms with Crippen molar-refractivity contribution in [3.05, 3.63) is 59.0 Å². The summed E-state index contributed by atoms with van der Waals surface area (Å²) in [6, 6.07) is 14.3. The van der Waals surface area contributed by atoms with Crippen LogP contribution in [0.4, 0.5) is 5.69 Å². The van der Waals surface area contributed by atoms with Crippen molar-refractivity contribution >= 4 is 22.6 Å². The number of amides is 1. The summed E-state index contributed by atoms with van der Waals surface area (Å²) in [5.74, 6) is 0.0889. The Labute approximate surface area is 156 Å². The quantitative estimate of drug-likeness (QED) is 0.618. The molecule has 3 aromatic rings. The molecular formula is C20H22N4O3. The zero-order chi connectivity index (χ0) is 18.8. The highest BCUT2D eigenvalue weighted by molar-refractivity contribution is 5.92. The van der Waals surface area contributed by atoms with E-state index in [-0.39, 0.29) is 23.4 Å². The Balaban J connectivity index is 1.36. The summed E-state index contributed by atoms with van der Waals surface area (Å²) in [6.07, 6.45) is 1.66. The van der Waals surface area contributed by atoms with Gasteiger partial charge in [0.15, 0.2) is 0 Å². The second-order valence-corrected chi connectivity index (χ2v) is 6.92. The van der Waals surface area contributed by atoms with Gasteiger partial charge in [0.1, 0.15) is 5.75 Å². The summed E-state index contributed by atoms with van der Waals surface area (Å²) in [5, 5.41) is 12.1. The molecule has 0 saturated carbocycles. The molecule has 0 bridgehead atoms. The SMILES string of the molecule is O=C(CN1CCC(n2c(=O)[nH]c3ccccc32)CC1)Nc1ccc(O)cc1. The normalized spacial score (nSPS) is 15.9. The standard InChI is InChI=1S/C20H22N4O3/c25-16-7-5-14(6-8-16)21-19(26)13-23-11-9-15(10-12-23)24-18-4-2-1-3-17(18)22-20(24)27/h1-8,15,25H,9-13H2,(H,21,26)(H,22,27). The molecule has 1 fully saturated rings. The Morgan fingerprint density at radius 2 is 1.81 bits per heavy atom. The number of hydrogen-bond acceptors (Lipinski definition) is 4. The molecule has 7 nitrogen and oxygen atoms in total. The van der Waals surface area contributed by atoms with Gasteiger partial charge in [0, 0.05) is 24.8 Å². The molecule has 3 N–H and O–H groups in total. The van der Waals surface area contributed by atoms with Gasteiger partial charge in [-0.1, -0.05) is 12.1 Å². The van der Waals surface area contributed by atoms with Gasteiger partial charge < -0.3 is 15.4 Å². The second-order valence-electron chi connectivity index (χ2n) is 6.92. The number of aromatic nitrogens is 2. The number of rotatable bonds is 4. The molecule has 2 aromatic carbocycles. The van der Waals surface area contributed by atoms with E-state index in [4.69, 9.17) is 0 Å². The Morgan fingerprint density at radius 1 is 1.11 bits per heavy atom. The number of phenols is 1. The maximum atomic E-state index is 12.3. The average molecular weight is 366 g/mol. The van der Waals surface area contributed by atoms with Crippen molar-refractivity contribution < 1.29 is 9.90 Å². The number of hydrogen-bond donors (Lipinski definition) is 3. The molecule has 0 radical (unpaired) electrons. The third kappa shape index (κ3) is 3.73. The van der Waals surface area contributed by atoms with Gasteiger partial charge in [-0.2, -0.15) is 0 Å². The topological polar surface area (TPSA) is 90.4 Å². The van der Waals surface area contributed by atoms with E-state index in [0.29, 0.717) is 12.2 Å². The van der Waals surface area contributed by atoms with E-state index >= 15 is 0 Å². The van der Waals surface area contributed by atoms with E-state index < -0.39 is 0 Å². The second kappa shape index (κ2) is 7.28. The molecule has 1 saturated heterocycles. The van der Waals surface area contributed by atoms with Crippen molar-refractivity contribution in [2.75, 3.05) is 25.0 Å². The van der Waals surface area contributed by atoms with Crippen LogP contribution in [0, 0.1) is 0 Å². The number of benzene rings is 2. The van der Waals surface area contributed by atoms with Crippen LogP contribution in [-0.4, -0.2) is 45.1 Å². The Kier molecular flexibility index (Phi) is 4.68. The fourth-order valence-corrected chi connectivity index (χ4v) is 3.72. The Bertz CT molecular complexity index is 998. The van der Waals surface area contributed by atoms with Crippen LogP contribution in [0.25, 0.3) is 11.0 Å². The number of carbonyl (C=O) groups is 1. The van der Waals surface area contributed by atoms with Crippen LogP contribution in [0.1, 0.15) is 18.9 Å².